The van der Waals surface area contributed by atoms with Crippen LogP contribution in [0.5, 0.6) is 0 Å². The minimum absolute atomic E-state index is 0.106. The van der Waals surface area contributed by atoms with E-state index in [4.69, 9.17) is 0 Å². The highest BCUT2D eigenvalue weighted by atomic mass is 32.1. The van der Waals surface area contributed by atoms with Crippen molar-refractivity contribution < 1.29 is 4.79 Å². The zero-order valence-corrected chi connectivity index (χ0v) is 9.55. The summed E-state index contributed by atoms with van der Waals surface area (Å²) in [6.45, 7) is 2.08. The lowest BCUT2D eigenvalue weighted by Crippen LogP contribution is -2.28. The van der Waals surface area contributed by atoms with E-state index < -0.39 is 0 Å². The van der Waals surface area contributed by atoms with Gasteiger partial charge in [0.15, 0.2) is 0 Å². The summed E-state index contributed by atoms with van der Waals surface area (Å²) in [6.07, 6.45) is 0.845. The molecule has 0 aromatic heterocycles. The number of amides is 1. The maximum Gasteiger partial charge on any atom is 0.236 e. The molecular formula is C10H16N2OS. The summed E-state index contributed by atoms with van der Waals surface area (Å²) in [5, 5.41) is -0.106. The largest absolute Gasteiger partial charge is 0.331 e. The monoisotopic (exact) mass is 212 g/mol. The molecule has 1 amide bonds. The molecule has 1 fully saturated rings. The summed E-state index contributed by atoms with van der Waals surface area (Å²) in [7, 11) is 3.94. The minimum atomic E-state index is -0.106. The van der Waals surface area contributed by atoms with E-state index in [1.54, 1.807) is 4.90 Å². The molecule has 0 aromatic carbocycles. The van der Waals surface area contributed by atoms with Crippen molar-refractivity contribution >= 4 is 18.5 Å². The first-order valence-corrected chi connectivity index (χ1v) is 5.20. The second kappa shape index (κ2) is 5.28. The molecule has 0 bridgehead atoms. The van der Waals surface area contributed by atoms with Gasteiger partial charge in [-0.15, -0.1) is 0 Å². The van der Waals surface area contributed by atoms with Gasteiger partial charge in [-0.3, -0.25) is 9.69 Å². The fourth-order valence-corrected chi connectivity index (χ4v) is 1.52. The molecule has 3 nitrogen and oxygen atoms in total. The van der Waals surface area contributed by atoms with Gasteiger partial charge in [-0.05, 0) is 20.5 Å². The molecule has 1 saturated heterocycles. The predicted molar refractivity (Wildman–Crippen MR) is 60.3 cm³/mol. The number of thiol groups is 1. The van der Waals surface area contributed by atoms with Gasteiger partial charge >= 0.3 is 0 Å². The summed E-state index contributed by atoms with van der Waals surface area (Å²) >= 11 is 4.18. The van der Waals surface area contributed by atoms with Crippen molar-refractivity contribution in [1.82, 2.24) is 9.80 Å². The average molecular weight is 212 g/mol. The molecule has 1 heterocycles. The predicted octanol–water partition coefficient (Wildman–Crippen LogP) is 0.0821. The first kappa shape index (κ1) is 11.4. The fraction of sp³-hybridized carbons (Fsp3) is 0.700. The van der Waals surface area contributed by atoms with Gasteiger partial charge in [0.1, 0.15) is 0 Å². The molecule has 1 aliphatic heterocycles. The third-order valence-corrected chi connectivity index (χ3v) is 2.54. The number of carbonyl (C=O) groups excluding carboxylic acids is 1. The summed E-state index contributed by atoms with van der Waals surface area (Å²) in [5.41, 5.74) is 0. The molecule has 78 valence electrons. The number of hydrogen-bond acceptors (Lipinski definition) is 3. The molecule has 1 atom stereocenters. The lowest BCUT2D eigenvalue weighted by Gasteiger charge is -2.11. The molecule has 0 unspecified atom stereocenters. The van der Waals surface area contributed by atoms with E-state index in [9.17, 15) is 4.79 Å². The Kier molecular flexibility index (Phi) is 4.30. The highest BCUT2D eigenvalue weighted by Crippen LogP contribution is 2.14. The van der Waals surface area contributed by atoms with Crippen molar-refractivity contribution in [2.24, 2.45) is 0 Å². The highest BCUT2D eigenvalue weighted by molar-refractivity contribution is 7.81. The van der Waals surface area contributed by atoms with E-state index >= 15 is 0 Å². The molecule has 0 N–H and O–H groups in total. The maximum absolute atomic E-state index is 11.4. The highest BCUT2D eigenvalue weighted by Gasteiger charge is 2.27. The van der Waals surface area contributed by atoms with E-state index in [2.05, 4.69) is 24.5 Å². The smallest absolute Gasteiger partial charge is 0.236 e. The number of carbonyl (C=O) groups is 1. The van der Waals surface area contributed by atoms with Crippen molar-refractivity contribution in [2.45, 2.75) is 11.7 Å². The van der Waals surface area contributed by atoms with Gasteiger partial charge < -0.3 is 4.90 Å². The third kappa shape index (κ3) is 3.24. The number of nitrogens with zero attached hydrogens (tertiary/aromatic N) is 2. The summed E-state index contributed by atoms with van der Waals surface area (Å²) in [6, 6.07) is 0. The Morgan fingerprint density at radius 2 is 2.29 bits per heavy atom. The number of hydrogen-bond donors (Lipinski definition) is 1. The summed E-state index contributed by atoms with van der Waals surface area (Å²) in [5.74, 6) is 6.11. The van der Waals surface area contributed by atoms with E-state index in [0.29, 0.717) is 6.54 Å². The number of rotatable bonds is 2. The van der Waals surface area contributed by atoms with Crippen molar-refractivity contribution in [1.29, 1.82) is 0 Å². The van der Waals surface area contributed by atoms with Crippen LogP contribution >= 0.6 is 12.6 Å². The first-order valence-electron chi connectivity index (χ1n) is 4.68. The van der Waals surface area contributed by atoms with Crippen LogP contribution in [0.1, 0.15) is 6.42 Å². The second-order valence-electron chi connectivity index (χ2n) is 3.66. The van der Waals surface area contributed by atoms with Gasteiger partial charge in [-0.25, -0.2) is 0 Å². The molecule has 0 spiro atoms. The molecule has 0 aliphatic carbocycles. The van der Waals surface area contributed by atoms with Crippen molar-refractivity contribution in [3.63, 3.8) is 0 Å². The molecule has 14 heavy (non-hydrogen) atoms. The zero-order valence-electron chi connectivity index (χ0n) is 8.66. The molecule has 0 aromatic rings. The maximum atomic E-state index is 11.4. The Morgan fingerprint density at radius 3 is 2.79 bits per heavy atom. The molecular weight excluding hydrogens is 196 g/mol. The minimum Gasteiger partial charge on any atom is -0.331 e. The Morgan fingerprint density at radius 1 is 1.57 bits per heavy atom. The Bertz CT molecular complexity index is 267. The Hall–Kier alpha value is -0.660. The van der Waals surface area contributed by atoms with Crippen LogP contribution in [0.4, 0.5) is 0 Å². The second-order valence-corrected chi connectivity index (χ2v) is 4.28. The van der Waals surface area contributed by atoms with Crippen molar-refractivity contribution in [3.05, 3.63) is 0 Å². The normalized spacial score (nSPS) is 21.3. The SMILES string of the molecule is CN(C)CC#CCN1CC[C@H](S)C1=O. The van der Waals surface area contributed by atoms with Crippen LogP contribution in [0, 0.1) is 11.8 Å². The first-order chi connectivity index (χ1) is 6.61. The van der Waals surface area contributed by atoms with E-state index in [1.165, 1.54) is 0 Å². The van der Waals surface area contributed by atoms with Crippen molar-refractivity contribution in [3.8, 4) is 11.8 Å². The molecule has 1 aliphatic rings. The average Bonchev–Trinajstić information content (AvgIpc) is 2.43. The van der Waals surface area contributed by atoms with Gasteiger partial charge in [0.25, 0.3) is 0 Å². The lowest BCUT2D eigenvalue weighted by atomic mass is 10.4. The van der Waals surface area contributed by atoms with Crippen LogP contribution in [-0.4, -0.2) is 54.7 Å². The summed E-state index contributed by atoms with van der Waals surface area (Å²) < 4.78 is 0. The van der Waals surface area contributed by atoms with E-state index in [0.717, 1.165) is 19.5 Å². The number of likely N-dealkylation sites (tertiary alicyclic amines) is 1. The van der Waals surface area contributed by atoms with Gasteiger partial charge in [-0.2, -0.15) is 12.6 Å². The van der Waals surface area contributed by atoms with Gasteiger partial charge in [-0.1, -0.05) is 11.8 Å². The quantitative estimate of drug-likeness (QED) is 0.518. The lowest BCUT2D eigenvalue weighted by molar-refractivity contribution is -0.126. The molecule has 0 radical (unpaired) electrons. The zero-order chi connectivity index (χ0) is 10.6. The van der Waals surface area contributed by atoms with Crippen LogP contribution < -0.4 is 0 Å². The van der Waals surface area contributed by atoms with Gasteiger partial charge in [0.2, 0.25) is 5.91 Å². The third-order valence-electron chi connectivity index (χ3n) is 2.06. The topological polar surface area (TPSA) is 23.6 Å². The standard InChI is InChI=1S/C10H16N2OS/c1-11(2)6-3-4-7-12-8-5-9(14)10(12)13/h9,14H,5-8H2,1-2H3/t9-/m0/s1. The Balaban J connectivity index is 2.31. The van der Waals surface area contributed by atoms with Crippen LogP contribution in [0.2, 0.25) is 0 Å². The Labute approximate surface area is 90.9 Å². The van der Waals surface area contributed by atoms with Crippen LogP contribution in [0.15, 0.2) is 0 Å². The van der Waals surface area contributed by atoms with E-state index in [1.807, 2.05) is 19.0 Å². The van der Waals surface area contributed by atoms with Gasteiger partial charge in [0.05, 0.1) is 18.3 Å². The molecule has 1 rings (SSSR count). The van der Waals surface area contributed by atoms with Crippen LogP contribution in [-0.2, 0) is 4.79 Å². The van der Waals surface area contributed by atoms with Crippen LogP contribution in [0.3, 0.4) is 0 Å². The van der Waals surface area contributed by atoms with E-state index in [-0.39, 0.29) is 11.2 Å². The van der Waals surface area contributed by atoms with Crippen LogP contribution in [0.25, 0.3) is 0 Å². The summed E-state index contributed by atoms with van der Waals surface area (Å²) in [4.78, 5) is 15.2. The molecule has 4 heteroatoms. The molecule has 0 saturated carbocycles. The van der Waals surface area contributed by atoms with Gasteiger partial charge in [0, 0.05) is 6.54 Å². The van der Waals surface area contributed by atoms with Crippen molar-refractivity contribution in [2.75, 3.05) is 33.7 Å². The fourth-order valence-electron chi connectivity index (χ4n) is 1.24.